The quantitative estimate of drug-likeness (QED) is 0.907. The molecule has 0 aliphatic carbocycles. The molecule has 1 aromatic heterocycles. The molecule has 0 atom stereocenters. The van der Waals surface area contributed by atoms with Crippen LogP contribution in [0, 0.1) is 6.92 Å². The molecule has 3 nitrogen and oxygen atoms in total. The number of nitrogens with zero attached hydrogens (tertiary/aromatic N) is 2. The van der Waals surface area contributed by atoms with E-state index in [4.69, 9.17) is 5.73 Å². The van der Waals surface area contributed by atoms with Gasteiger partial charge in [-0.3, -0.25) is 4.68 Å². The van der Waals surface area contributed by atoms with Crippen molar-refractivity contribution >= 4 is 21.7 Å². The standard InChI is InChI=1S/C11H12BrN3/c1-8-9(3-2-4-10(8)12)7-15-6-5-11(13)14-15/h2-6H,7H2,1H3,(H2,13,14). The number of nitrogens with two attached hydrogens (primary N) is 1. The maximum absolute atomic E-state index is 5.56. The summed E-state index contributed by atoms with van der Waals surface area (Å²) < 4.78 is 2.96. The highest BCUT2D eigenvalue weighted by Crippen LogP contribution is 2.20. The number of hydrogen-bond donors (Lipinski definition) is 1. The molecule has 0 fully saturated rings. The molecule has 0 saturated heterocycles. The number of anilines is 1. The first-order chi connectivity index (χ1) is 7.16. The van der Waals surface area contributed by atoms with Crippen LogP contribution in [0.3, 0.4) is 0 Å². The van der Waals surface area contributed by atoms with Gasteiger partial charge in [-0.25, -0.2) is 0 Å². The minimum Gasteiger partial charge on any atom is -0.382 e. The Balaban J connectivity index is 2.28. The highest BCUT2D eigenvalue weighted by Gasteiger charge is 2.03. The average molecular weight is 266 g/mol. The molecule has 15 heavy (non-hydrogen) atoms. The molecule has 4 heteroatoms. The summed E-state index contributed by atoms with van der Waals surface area (Å²) in [5.41, 5.74) is 8.04. The Morgan fingerprint density at radius 1 is 1.40 bits per heavy atom. The number of hydrogen-bond acceptors (Lipinski definition) is 2. The van der Waals surface area contributed by atoms with Crippen molar-refractivity contribution in [1.29, 1.82) is 0 Å². The zero-order chi connectivity index (χ0) is 10.8. The summed E-state index contributed by atoms with van der Waals surface area (Å²) in [6, 6.07) is 7.96. The van der Waals surface area contributed by atoms with Crippen LogP contribution < -0.4 is 5.73 Å². The van der Waals surface area contributed by atoms with Crippen LogP contribution in [0.15, 0.2) is 34.9 Å². The minimum atomic E-state index is 0.558. The topological polar surface area (TPSA) is 43.8 Å². The van der Waals surface area contributed by atoms with Crippen molar-refractivity contribution in [3.8, 4) is 0 Å². The third kappa shape index (κ3) is 2.21. The van der Waals surface area contributed by atoms with Crippen molar-refractivity contribution in [2.45, 2.75) is 13.5 Å². The Morgan fingerprint density at radius 2 is 2.20 bits per heavy atom. The summed E-state index contributed by atoms with van der Waals surface area (Å²) in [5, 5.41) is 4.16. The molecule has 0 saturated carbocycles. The second kappa shape index (κ2) is 4.06. The maximum Gasteiger partial charge on any atom is 0.145 e. The molecule has 2 rings (SSSR count). The summed E-state index contributed by atoms with van der Waals surface area (Å²) >= 11 is 3.51. The van der Waals surface area contributed by atoms with Gasteiger partial charge in [0.05, 0.1) is 6.54 Å². The Hall–Kier alpha value is -1.29. The summed E-state index contributed by atoms with van der Waals surface area (Å²) in [6.45, 7) is 2.84. The zero-order valence-electron chi connectivity index (χ0n) is 8.44. The first kappa shape index (κ1) is 10.2. The van der Waals surface area contributed by atoms with Crippen molar-refractivity contribution in [1.82, 2.24) is 9.78 Å². The second-order valence-electron chi connectivity index (χ2n) is 3.46. The van der Waals surface area contributed by atoms with Crippen molar-refractivity contribution < 1.29 is 0 Å². The van der Waals surface area contributed by atoms with Crippen LogP contribution in [0.25, 0.3) is 0 Å². The summed E-state index contributed by atoms with van der Waals surface area (Å²) in [4.78, 5) is 0. The van der Waals surface area contributed by atoms with Gasteiger partial charge in [0, 0.05) is 10.7 Å². The Morgan fingerprint density at radius 3 is 2.87 bits per heavy atom. The van der Waals surface area contributed by atoms with Crippen LogP contribution in [0.5, 0.6) is 0 Å². The summed E-state index contributed by atoms with van der Waals surface area (Å²) in [5.74, 6) is 0.558. The fourth-order valence-electron chi connectivity index (χ4n) is 1.46. The molecule has 1 heterocycles. The second-order valence-corrected chi connectivity index (χ2v) is 4.32. The molecule has 2 aromatic rings. The van der Waals surface area contributed by atoms with Crippen molar-refractivity contribution in [2.75, 3.05) is 5.73 Å². The highest BCUT2D eigenvalue weighted by atomic mass is 79.9. The van der Waals surface area contributed by atoms with E-state index in [2.05, 4.69) is 34.0 Å². The normalized spacial score (nSPS) is 10.5. The van der Waals surface area contributed by atoms with E-state index in [9.17, 15) is 0 Å². The lowest BCUT2D eigenvalue weighted by Crippen LogP contribution is -2.03. The molecular weight excluding hydrogens is 254 g/mol. The molecule has 78 valence electrons. The summed E-state index contributed by atoms with van der Waals surface area (Å²) in [6.07, 6.45) is 1.88. The molecule has 0 unspecified atom stereocenters. The van der Waals surface area contributed by atoms with E-state index in [1.807, 2.05) is 23.0 Å². The molecule has 0 radical (unpaired) electrons. The Kier molecular flexibility index (Phi) is 2.77. The third-order valence-electron chi connectivity index (χ3n) is 2.37. The number of aromatic nitrogens is 2. The Labute approximate surface area is 97.0 Å². The predicted octanol–water partition coefficient (Wildman–Crippen LogP) is 2.58. The van der Waals surface area contributed by atoms with Gasteiger partial charge in [-0.1, -0.05) is 28.1 Å². The molecule has 0 bridgehead atoms. The van der Waals surface area contributed by atoms with Crippen LogP contribution in [0.2, 0.25) is 0 Å². The highest BCUT2D eigenvalue weighted by molar-refractivity contribution is 9.10. The molecular formula is C11H12BrN3. The first-order valence-electron chi connectivity index (χ1n) is 4.70. The van der Waals surface area contributed by atoms with E-state index < -0.39 is 0 Å². The van der Waals surface area contributed by atoms with Crippen molar-refractivity contribution in [3.05, 3.63) is 46.1 Å². The van der Waals surface area contributed by atoms with Crippen LogP contribution in [0.1, 0.15) is 11.1 Å². The van der Waals surface area contributed by atoms with Gasteiger partial charge in [-0.05, 0) is 30.2 Å². The molecule has 0 amide bonds. The fourth-order valence-corrected chi connectivity index (χ4v) is 1.87. The van der Waals surface area contributed by atoms with Gasteiger partial charge >= 0.3 is 0 Å². The van der Waals surface area contributed by atoms with E-state index in [1.165, 1.54) is 11.1 Å². The Bertz CT molecular complexity index is 476. The molecule has 0 aliphatic heterocycles. The number of nitrogen functional groups attached to an aromatic ring is 1. The number of halogens is 1. The first-order valence-corrected chi connectivity index (χ1v) is 5.49. The lowest BCUT2D eigenvalue weighted by Gasteiger charge is -2.07. The SMILES string of the molecule is Cc1c(Br)cccc1Cn1ccc(N)n1. The molecule has 2 N–H and O–H groups in total. The van der Waals surface area contributed by atoms with E-state index in [1.54, 1.807) is 6.07 Å². The lowest BCUT2D eigenvalue weighted by atomic mass is 10.1. The van der Waals surface area contributed by atoms with Crippen LogP contribution in [0.4, 0.5) is 5.82 Å². The average Bonchev–Trinajstić information content (AvgIpc) is 2.59. The number of benzene rings is 1. The van der Waals surface area contributed by atoms with Gasteiger partial charge in [0.25, 0.3) is 0 Å². The molecule has 1 aromatic carbocycles. The lowest BCUT2D eigenvalue weighted by molar-refractivity contribution is 0.687. The van der Waals surface area contributed by atoms with Crippen LogP contribution in [-0.4, -0.2) is 9.78 Å². The van der Waals surface area contributed by atoms with E-state index in [0.717, 1.165) is 11.0 Å². The van der Waals surface area contributed by atoms with Gasteiger partial charge in [0.2, 0.25) is 0 Å². The largest absolute Gasteiger partial charge is 0.382 e. The van der Waals surface area contributed by atoms with Gasteiger partial charge in [-0.2, -0.15) is 5.10 Å². The molecule has 0 aliphatic rings. The molecule has 0 spiro atoms. The minimum absolute atomic E-state index is 0.558. The van der Waals surface area contributed by atoms with E-state index >= 15 is 0 Å². The fraction of sp³-hybridized carbons (Fsp3) is 0.182. The van der Waals surface area contributed by atoms with Crippen LogP contribution >= 0.6 is 15.9 Å². The van der Waals surface area contributed by atoms with Gasteiger partial charge in [0.1, 0.15) is 5.82 Å². The monoisotopic (exact) mass is 265 g/mol. The van der Waals surface area contributed by atoms with Crippen molar-refractivity contribution in [2.24, 2.45) is 0 Å². The summed E-state index contributed by atoms with van der Waals surface area (Å²) in [7, 11) is 0. The van der Waals surface area contributed by atoms with Gasteiger partial charge in [-0.15, -0.1) is 0 Å². The number of rotatable bonds is 2. The smallest absolute Gasteiger partial charge is 0.145 e. The van der Waals surface area contributed by atoms with E-state index in [-0.39, 0.29) is 0 Å². The van der Waals surface area contributed by atoms with Gasteiger partial charge < -0.3 is 5.73 Å². The van der Waals surface area contributed by atoms with Gasteiger partial charge in [0.15, 0.2) is 0 Å². The third-order valence-corrected chi connectivity index (χ3v) is 3.23. The van der Waals surface area contributed by atoms with E-state index in [0.29, 0.717) is 5.82 Å². The maximum atomic E-state index is 5.56. The van der Waals surface area contributed by atoms with Crippen molar-refractivity contribution in [3.63, 3.8) is 0 Å². The predicted molar refractivity (Wildman–Crippen MR) is 64.6 cm³/mol. The van der Waals surface area contributed by atoms with Crippen LogP contribution in [-0.2, 0) is 6.54 Å². The zero-order valence-corrected chi connectivity index (χ0v) is 10.0.